The van der Waals surface area contributed by atoms with Crippen molar-refractivity contribution in [2.45, 2.75) is 49.1 Å². The quantitative estimate of drug-likeness (QED) is 0.377. The minimum absolute atomic E-state index is 0.0412. The van der Waals surface area contributed by atoms with Gasteiger partial charge in [-0.3, -0.25) is 14.2 Å². The average molecular weight is 462 g/mol. The third-order valence-electron chi connectivity index (χ3n) is 5.30. The lowest BCUT2D eigenvalue weighted by Crippen LogP contribution is -2.29. The van der Waals surface area contributed by atoms with Gasteiger partial charge in [-0.15, -0.1) is 0 Å². The standard InChI is InChI=1S/C22H21Cl2N3O2S/c1-13(20(28)25-19-12-14(23)10-11-17(19)24)30-22-26-18-9-5-4-8-16(18)21(29)27(22)15-6-2-3-7-15/h4-5,8-13,15H,2-3,6-7H2,1H3,(H,25,28). The summed E-state index contributed by atoms with van der Waals surface area (Å²) in [6.45, 7) is 1.79. The molecular formula is C22H21Cl2N3O2S. The Hall–Kier alpha value is -2.02. The summed E-state index contributed by atoms with van der Waals surface area (Å²) >= 11 is 13.5. The van der Waals surface area contributed by atoms with E-state index in [9.17, 15) is 9.59 Å². The molecule has 1 aliphatic rings. The minimum atomic E-state index is -0.485. The number of hydrogen-bond donors (Lipinski definition) is 1. The number of thioether (sulfide) groups is 1. The Morgan fingerprint density at radius 3 is 2.70 bits per heavy atom. The van der Waals surface area contributed by atoms with Gasteiger partial charge < -0.3 is 5.32 Å². The number of para-hydroxylation sites is 1. The molecule has 1 unspecified atom stereocenters. The van der Waals surface area contributed by atoms with Crippen molar-refractivity contribution in [3.05, 3.63) is 62.9 Å². The monoisotopic (exact) mass is 461 g/mol. The maximum Gasteiger partial charge on any atom is 0.262 e. The summed E-state index contributed by atoms with van der Waals surface area (Å²) < 4.78 is 1.79. The number of fused-ring (bicyclic) bond motifs is 1. The number of rotatable bonds is 5. The molecule has 0 bridgehead atoms. The highest BCUT2D eigenvalue weighted by atomic mass is 35.5. The predicted molar refractivity (Wildman–Crippen MR) is 124 cm³/mol. The van der Waals surface area contributed by atoms with Crippen LogP contribution in [-0.4, -0.2) is 20.7 Å². The van der Waals surface area contributed by atoms with Crippen molar-refractivity contribution in [2.75, 3.05) is 5.32 Å². The van der Waals surface area contributed by atoms with Gasteiger partial charge in [0.2, 0.25) is 5.91 Å². The molecule has 0 saturated heterocycles. The van der Waals surface area contributed by atoms with E-state index in [1.807, 2.05) is 24.3 Å². The first-order valence-corrected chi connectivity index (χ1v) is 11.5. The van der Waals surface area contributed by atoms with E-state index in [1.54, 1.807) is 29.7 Å². The summed E-state index contributed by atoms with van der Waals surface area (Å²) in [4.78, 5) is 30.8. The van der Waals surface area contributed by atoms with Crippen LogP contribution in [0.4, 0.5) is 5.69 Å². The van der Waals surface area contributed by atoms with E-state index in [-0.39, 0.29) is 17.5 Å². The maximum absolute atomic E-state index is 13.2. The molecule has 1 N–H and O–H groups in total. The molecule has 30 heavy (non-hydrogen) atoms. The number of benzene rings is 2. The van der Waals surface area contributed by atoms with Gasteiger partial charge in [-0.05, 0) is 50.1 Å². The van der Waals surface area contributed by atoms with Crippen LogP contribution in [0.15, 0.2) is 52.4 Å². The molecule has 0 spiro atoms. The third-order valence-corrected chi connectivity index (χ3v) is 6.93. The Morgan fingerprint density at radius 1 is 1.20 bits per heavy atom. The zero-order valence-corrected chi connectivity index (χ0v) is 18.7. The van der Waals surface area contributed by atoms with Crippen molar-refractivity contribution in [3.8, 4) is 0 Å². The summed E-state index contributed by atoms with van der Waals surface area (Å²) in [6, 6.07) is 12.4. The Labute approximate surface area is 188 Å². The molecule has 1 amide bonds. The summed E-state index contributed by atoms with van der Waals surface area (Å²) in [6.07, 6.45) is 4.09. The fraction of sp³-hybridized carbons (Fsp3) is 0.318. The van der Waals surface area contributed by atoms with Crippen LogP contribution in [-0.2, 0) is 4.79 Å². The highest BCUT2D eigenvalue weighted by Crippen LogP contribution is 2.34. The SMILES string of the molecule is CC(Sc1nc2ccccc2c(=O)n1C1CCCC1)C(=O)Nc1cc(Cl)ccc1Cl. The van der Waals surface area contributed by atoms with Crippen LogP contribution < -0.4 is 10.9 Å². The molecule has 4 rings (SSSR count). The van der Waals surface area contributed by atoms with Gasteiger partial charge in [0.15, 0.2) is 5.16 Å². The molecule has 0 radical (unpaired) electrons. The van der Waals surface area contributed by atoms with Crippen LogP contribution >= 0.6 is 35.0 Å². The van der Waals surface area contributed by atoms with E-state index in [0.29, 0.717) is 31.8 Å². The topological polar surface area (TPSA) is 64.0 Å². The van der Waals surface area contributed by atoms with Gasteiger partial charge in [0.1, 0.15) is 0 Å². The Morgan fingerprint density at radius 2 is 1.93 bits per heavy atom. The Kier molecular flexibility index (Phi) is 6.37. The normalized spacial score (nSPS) is 15.4. The molecule has 1 atom stereocenters. The van der Waals surface area contributed by atoms with Crippen LogP contribution in [0.25, 0.3) is 10.9 Å². The van der Waals surface area contributed by atoms with Crippen molar-refractivity contribution >= 4 is 57.5 Å². The first kappa shape index (κ1) is 21.2. The smallest absolute Gasteiger partial charge is 0.262 e. The first-order valence-electron chi connectivity index (χ1n) is 9.88. The molecule has 1 fully saturated rings. The number of halogens is 2. The van der Waals surface area contributed by atoms with Crippen LogP contribution in [0.1, 0.15) is 38.6 Å². The number of nitrogens with one attached hydrogen (secondary N) is 1. The summed E-state index contributed by atoms with van der Waals surface area (Å²) in [5.74, 6) is -0.232. The van der Waals surface area contributed by atoms with E-state index in [2.05, 4.69) is 5.32 Å². The van der Waals surface area contributed by atoms with Gasteiger partial charge >= 0.3 is 0 Å². The fourth-order valence-electron chi connectivity index (χ4n) is 3.73. The number of hydrogen-bond acceptors (Lipinski definition) is 4. The van der Waals surface area contributed by atoms with E-state index < -0.39 is 5.25 Å². The van der Waals surface area contributed by atoms with Crippen LogP contribution in [0.5, 0.6) is 0 Å². The molecule has 3 aromatic rings. The summed E-state index contributed by atoms with van der Waals surface area (Å²) in [5, 5.41) is 4.42. The summed E-state index contributed by atoms with van der Waals surface area (Å²) in [7, 11) is 0. The fourth-order valence-corrected chi connectivity index (χ4v) is 5.05. The highest BCUT2D eigenvalue weighted by Gasteiger charge is 2.25. The second kappa shape index (κ2) is 9.00. The summed E-state index contributed by atoms with van der Waals surface area (Å²) in [5.41, 5.74) is 1.06. The lowest BCUT2D eigenvalue weighted by Gasteiger charge is -2.20. The molecule has 1 heterocycles. The van der Waals surface area contributed by atoms with Gasteiger partial charge in [-0.25, -0.2) is 4.98 Å². The number of nitrogens with zero attached hydrogens (tertiary/aromatic N) is 2. The molecule has 8 heteroatoms. The van der Waals surface area contributed by atoms with Crippen LogP contribution in [0.2, 0.25) is 10.0 Å². The third kappa shape index (κ3) is 4.36. The van der Waals surface area contributed by atoms with Gasteiger partial charge in [-0.2, -0.15) is 0 Å². The van der Waals surface area contributed by atoms with Crippen molar-refractivity contribution in [2.24, 2.45) is 0 Å². The highest BCUT2D eigenvalue weighted by molar-refractivity contribution is 8.00. The number of amides is 1. The molecule has 1 saturated carbocycles. The number of carbonyl (C=O) groups excluding carboxylic acids is 1. The van der Waals surface area contributed by atoms with Crippen molar-refractivity contribution in [1.82, 2.24) is 9.55 Å². The maximum atomic E-state index is 13.2. The van der Waals surface area contributed by atoms with Gasteiger partial charge in [0, 0.05) is 11.1 Å². The van der Waals surface area contributed by atoms with E-state index >= 15 is 0 Å². The number of anilines is 1. The van der Waals surface area contributed by atoms with E-state index in [1.165, 1.54) is 11.8 Å². The van der Waals surface area contributed by atoms with Crippen LogP contribution in [0.3, 0.4) is 0 Å². The van der Waals surface area contributed by atoms with E-state index in [0.717, 1.165) is 25.7 Å². The van der Waals surface area contributed by atoms with Gasteiger partial charge in [0.25, 0.3) is 5.56 Å². The van der Waals surface area contributed by atoms with Gasteiger partial charge in [0.05, 0.1) is 26.9 Å². The number of carbonyl (C=O) groups is 1. The van der Waals surface area contributed by atoms with Crippen molar-refractivity contribution in [1.29, 1.82) is 0 Å². The Bertz CT molecular complexity index is 1160. The molecule has 1 aromatic heterocycles. The minimum Gasteiger partial charge on any atom is -0.324 e. The number of aromatic nitrogens is 2. The zero-order chi connectivity index (χ0) is 21.3. The lowest BCUT2D eigenvalue weighted by molar-refractivity contribution is -0.115. The Balaban J connectivity index is 1.65. The van der Waals surface area contributed by atoms with Crippen molar-refractivity contribution < 1.29 is 4.79 Å². The largest absolute Gasteiger partial charge is 0.324 e. The second-order valence-corrected chi connectivity index (χ2v) is 9.55. The van der Waals surface area contributed by atoms with Crippen LogP contribution in [0, 0.1) is 0 Å². The predicted octanol–water partition coefficient (Wildman–Crippen LogP) is 5.94. The van der Waals surface area contributed by atoms with E-state index in [4.69, 9.17) is 28.2 Å². The molecule has 2 aromatic carbocycles. The lowest BCUT2D eigenvalue weighted by atomic mass is 10.2. The molecule has 1 aliphatic carbocycles. The molecule has 5 nitrogen and oxygen atoms in total. The molecule has 0 aliphatic heterocycles. The second-order valence-electron chi connectivity index (χ2n) is 7.40. The first-order chi connectivity index (χ1) is 14.4. The van der Waals surface area contributed by atoms with Crippen molar-refractivity contribution in [3.63, 3.8) is 0 Å². The average Bonchev–Trinajstić information content (AvgIpc) is 3.25. The molecule has 156 valence electrons. The molecular weight excluding hydrogens is 441 g/mol. The van der Waals surface area contributed by atoms with Gasteiger partial charge in [-0.1, -0.05) is 59.9 Å². The zero-order valence-electron chi connectivity index (χ0n) is 16.4.